The number of fused-ring (bicyclic) bond motifs is 1. The molecule has 0 fully saturated rings. The summed E-state index contributed by atoms with van der Waals surface area (Å²) in [5.74, 6) is 0. The van der Waals surface area contributed by atoms with Gasteiger partial charge in [-0.05, 0) is 130 Å². The van der Waals surface area contributed by atoms with Crippen LogP contribution in [-0.4, -0.2) is 0 Å². The Morgan fingerprint density at radius 1 is 0.346 bits per heavy atom. The van der Waals surface area contributed by atoms with Crippen molar-refractivity contribution in [2.75, 3.05) is 9.80 Å². The van der Waals surface area contributed by atoms with Crippen LogP contribution in [0.1, 0.15) is 51.7 Å². The van der Waals surface area contributed by atoms with Crippen LogP contribution >= 0.6 is 0 Å². The second kappa shape index (κ2) is 13.7. The summed E-state index contributed by atoms with van der Waals surface area (Å²) >= 11 is 0. The number of anilines is 6. The zero-order valence-electron chi connectivity index (χ0n) is 30.6. The lowest BCUT2D eigenvalue weighted by atomic mass is 9.61. The van der Waals surface area contributed by atoms with Crippen LogP contribution in [0.4, 0.5) is 34.1 Å². The fourth-order valence-corrected chi connectivity index (χ4v) is 8.04. The predicted octanol–water partition coefficient (Wildman–Crippen LogP) is 14.3. The van der Waals surface area contributed by atoms with Gasteiger partial charge in [-0.2, -0.15) is 0 Å². The first kappa shape index (κ1) is 33.3. The molecule has 0 saturated heterocycles. The molecule has 0 radical (unpaired) electrons. The molecule has 2 heteroatoms. The third-order valence-corrected chi connectivity index (χ3v) is 10.9. The molecular weight excluding hydrogens is 629 g/mol. The molecule has 8 rings (SSSR count). The Hall–Kier alpha value is -5.86. The van der Waals surface area contributed by atoms with Gasteiger partial charge < -0.3 is 9.80 Å². The van der Waals surface area contributed by atoms with Gasteiger partial charge in [0.05, 0.1) is 0 Å². The molecular formula is C50H46N2. The first-order valence-corrected chi connectivity index (χ1v) is 18.5. The van der Waals surface area contributed by atoms with Gasteiger partial charge >= 0.3 is 0 Å². The van der Waals surface area contributed by atoms with Gasteiger partial charge in [0.15, 0.2) is 0 Å². The van der Waals surface area contributed by atoms with Crippen molar-refractivity contribution in [3.05, 3.63) is 193 Å². The normalized spacial score (nSPS) is 14.3. The Balaban J connectivity index is 1.18. The van der Waals surface area contributed by atoms with Gasteiger partial charge in [-0.15, -0.1) is 0 Å². The minimum Gasteiger partial charge on any atom is -0.310 e. The van der Waals surface area contributed by atoms with E-state index in [1.54, 1.807) is 0 Å². The topological polar surface area (TPSA) is 6.48 Å². The lowest BCUT2D eigenvalue weighted by molar-refractivity contribution is 0.333. The SMILES string of the molecule is CC1(C)CCC(C)(C)c2c(-c3ccc(N(c4ccccc4)c4cccc(-c5cccc(N(c6ccccc6)c6ccccc6)c5)c4)cc3)cccc21. The van der Waals surface area contributed by atoms with E-state index < -0.39 is 0 Å². The van der Waals surface area contributed by atoms with Crippen molar-refractivity contribution in [1.29, 1.82) is 0 Å². The van der Waals surface area contributed by atoms with Crippen LogP contribution in [0.3, 0.4) is 0 Å². The molecule has 7 aromatic rings. The largest absolute Gasteiger partial charge is 0.310 e. The Labute approximate surface area is 309 Å². The molecule has 52 heavy (non-hydrogen) atoms. The van der Waals surface area contributed by atoms with E-state index in [0.29, 0.717) is 0 Å². The Morgan fingerprint density at radius 3 is 1.23 bits per heavy atom. The van der Waals surface area contributed by atoms with Crippen LogP contribution in [0.25, 0.3) is 22.3 Å². The van der Waals surface area contributed by atoms with Crippen LogP contribution in [-0.2, 0) is 10.8 Å². The van der Waals surface area contributed by atoms with E-state index in [1.807, 2.05) is 0 Å². The number of hydrogen-bond acceptors (Lipinski definition) is 2. The van der Waals surface area contributed by atoms with E-state index in [0.717, 1.165) is 34.1 Å². The number of hydrogen-bond donors (Lipinski definition) is 0. The second-order valence-electron chi connectivity index (χ2n) is 15.3. The Bertz CT molecular complexity index is 2250. The smallest absolute Gasteiger partial charge is 0.0467 e. The Kier molecular flexibility index (Phi) is 8.77. The highest BCUT2D eigenvalue weighted by Gasteiger charge is 2.38. The summed E-state index contributed by atoms with van der Waals surface area (Å²) in [5.41, 5.74) is 15.0. The van der Waals surface area contributed by atoms with Crippen molar-refractivity contribution >= 4 is 34.1 Å². The highest BCUT2D eigenvalue weighted by molar-refractivity contribution is 5.84. The van der Waals surface area contributed by atoms with Crippen LogP contribution in [0.5, 0.6) is 0 Å². The predicted molar refractivity (Wildman–Crippen MR) is 222 cm³/mol. The van der Waals surface area contributed by atoms with Crippen LogP contribution in [0, 0.1) is 0 Å². The van der Waals surface area contributed by atoms with Gasteiger partial charge in [0.2, 0.25) is 0 Å². The fourth-order valence-electron chi connectivity index (χ4n) is 8.04. The van der Waals surface area contributed by atoms with E-state index >= 15 is 0 Å². The molecule has 0 amide bonds. The molecule has 0 aliphatic heterocycles. The van der Waals surface area contributed by atoms with Crippen molar-refractivity contribution in [3.63, 3.8) is 0 Å². The van der Waals surface area contributed by atoms with E-state index in [1.165, 1.54) is 46.2 Å². The van der Waals surface area contributed by atoms with Crippen LogP contribution in [0.2, 0.25) is 0 Å². The summed E-state index contributed by atoms with van der Waals surface area (Å²) < 4.78 is 0. The minimum absolute atomic E-state index is 0.132. The molecule has 0 bridgehead atoms. The second-order valence-corrected chi connectivity index (χ2v) is 15.3. The van der Waals surface area contributed by atoms with E-state index in [-0.39, 0.29) is 10.8 Å². The highest BCUT2D eigenvalue weighted by Crippen LogP contribution is 2.49. The summed E-state index contributed by atoms with van der Waals surface area (Å²) in [4.78, 5) is 4.68. The molecule has 0 N–H and O–H groups in total. The zero-order chi connectivity index (χ0) is 35.7. The summed E-state index contributed by atoms with van der Waals surface area (Å²) in [5, 5.41) is 0. The first-order valence-electron chi connectivity index (χ1n) is 18.5. The van der Waals surface area contributed by atoms with Gasteiger partial charge in [0.1, 0.15) is 0 Å². The molecule has 0 unspecified atom stereocenters. The lowest BCUT2D eigenvalue weighted by Crippen LogP contribution is -2.34. The molecule has 0 saturated carbocycles. The molecule has 0 aromatic heterocycles. The quantitative estimate of drug-likeness (QED) is 0.158. The van der Waals surface area contributed by atoms with Gasteiger partial charge in [0.25, 0.3) is 0 Å². The van der Waals surface area contributed by atoms with E-state index in [2.05, 4.69) is 219 Å². The summed E-state index contributed by atoms with van der Waals surface area (Å²) in [6.45, 7) is 9.64. The maximum Gasteiger partial charge on any atom is 0.0467 e. The van der Waals surface area contributed by atoms with Crippen molar-refractivity contribution in [2.45, 2.75) is 51.4 Å². The Morgan fingerprint density at radius 2 is 0.750 bits per heavy atom. The molecule has 1 aliphatic carbocycles. The van der Waals surface area contributed by atoms with Gasteiger partial charge in [-0.25, -0.2) is 0 Å². The number of benzene rings is 7. The lowest BCUT2D eigenvalue weighted by Gasteiger charge is -2.43. The van der Waals surface area contributed by atoms with E-state index in [9.17, 15) is 0 Å². The van der Waals surface area contributed by atoms with Crippen molar-refractivity contribution in [3.8, 4) is 22.3 Å². The standard InChI is InChI=1S/C50H46N2/c1-49(2)33-34-50(3,4)48-46(27-16-28-47(48)49)37-29-31-43(32-30-37)52(42-23-12-7-13-24-42)45-26-15-18-39(36-45)38-17-14-25-44(35-38)51(40-19-8-5-9-20-40)41-21-10-6-11-22-41/h5-32,35-36H,33-34H2,1-4H3. The summed E-state index contributed by atoms with van der Waals surface area (Å²) in [6.07, 6.45) is 2.41. The van der Waals surface area contributed by atoms with Gasteiger partial charge in [0, 0.05) is 34.1 Å². The maximum absolute atomic E-state index is 2.42. The van der Waals surface area contributed by atoms with Gasteiger partial charge in [-0.1, -0.05) is 137 Å². The average molecular weight is 675 g/mol. The van der Waals surface area contributed by atoms with Crippen molar-refractivity contribution in [2.24, 2.45) is 0 Å². The molecule has 0 heterocycles. The van der Waals surface area contributed by atoms with Crippen molar-refractivity contribution in [1.82, 2.24) is 0 Å². The molecule has 256 valence electrons. The van der Waals surface area contributed by atoms with Crippen LogP contribution in [0.15, 0.2) is 182 Å². The summed E-state index contributed by atoms with van der Waals surface area (Å²) in [6, 6.07) is 65.8. The van der Waals surface area contributed by atoms with E-state index in [4.69, 9.17) is 0 Å². The van der Waals surface area contributed by atoms with Crippen molar-refractivity contribution < 1.29 is 0 Å². The minimum atomic E-state index is 0.132. The van der Waals surface area contributed by atoms with Crippen LogP contribution < -0.4 is 9.80 Å². The first-order chi connectivity index (χ1) is 25.3. The monoisotopic (exact) mass is 674 g/mol. The molecule has 0 atom stereocenters. The van der Waals surface area contributed by atoms with Gasteiger partial charge in [-0.3, -0.25) is 0 Å². The summed E-state index contributed by atoms with van der Waals surface area (Å²) in [7, 11) is 0. The number of nitrogens with zero attached hydrogens (tertiary/aromatic N) is 2. The molecule has 2 nitrogen and oxygen atoms in total. The fraction of sp³-hybridized carbons (Fsp3) is 0.160. The maximum atomic E-state index is 2.42. The molecule has 1 aliphatic rings. The third kappa shape index (κ3) is 6.42. The number of rotatable bonds is 8. The molecule has 7 aromatic carbocycles. The zero-order valence-corrected chi connectivity index (χ0v) is 30.6. The number of para-hydroxylation sites is 3. The highest BCUT2D eigenvalue weighted by atomic mass is 15.1. The third-order valence-electron chi connectivity index (χ3n) is 10.9. The molecule has 0 spiro atoms. The average Bonchev–Trinajstić information content (AvgIpc) is 3.19.